The van der Waals surface area contributed by atoms with E-state index in [0.29, 0.717) is 10.7 Å². The van der Waals surface area contributed by atoms with Crippen LogP contribution in [0.5, 0.6) is 0 Å². The number of hydrogen-bond acceptors (Lipinski definition) is 2. The lowest BCUT2D eigenvalue weighted by Crippen LogP contribution is -2.44. The van der Waals surface area contributed by atoms with Crippen LogP contribution >= 0.6 is 27.7 Å². The average Bonchev–Trinajstić information content (AvgIpc) is 2.81. The van der Waals surface area contributed by atoms with Gasteiger partial charge in [-0.2, -0.15) is 0 Å². The Labute approximate surface area is 120 Å². The van der Waals surface area contributed by atoms with Crippen molar-refractivity contribution in [2.24, 2.45) is 0 Å². The number of carbonyl (C=O) groups is 1. The minimum atomic E-state index is 0.0974. The number of nitrogens with zero attached hydrogens (tertiary/aromatic N) is 1. The molecule has 96 valence electrons. The Hall–Kier alpha value is -0.480. The molecule has 3 rings (SSSR count). The van der Waals surface area contributed by atoms with Gasteiger partial charge in [-0.05, 0) is 30.9 Å². The van der Waals surface area contributed by atoms with Crippen LogP contribution in [0.4, 0.5) is 0 Å². The van der Waals surface area contributed by atoms with E-state index >= 15 is 0 Å². The number of amides is 1. The van der Waals surface area contributed by atoms with Crippen molar-refractivity contribution in [3.63, 3.8) is 0 Å². The first-order chi connectivity index (χ1) is 8.74. The van der Waals surface area contributed by atoms with E-state index in [0.717, 1.165) is 25.9 Å². The molecule has 0 saturated carbocycles. The van der Waals surface area contributed by atoms with E-state index in [4.69, 9.17) is 0 Å². The Bertz CT molecular complexity index is 440. The van der Waals surface area contributed by atoms with Crippen molar-refractivity contribution in [2.45, 2.75) is 34.2 Å². The molecule has 1 fully saturated rings. The van der Waals surface area contributed by atoms with Crippen LogP contribution in [-0.4, -0.2) is 34.0 Å². The number of fused-ring (bicyclic) bond motifs is 1. The monoisotopic (exact) mass is 325 g/mol. The van der Waals surface area contributed by atoms with Crippen molar-refractivity contribution in [3.05, 3.63) is 29.8 Å². The number of halogens is 1. The number of thioether (sulfide) groups is 1. The van der Waals surface area contributed by atoms with Crippen molar-refractivity contribution >= 4 is 33.6 Å². The van der Waals surface area contributed by atoms with Crippen LogP contribution in [0.25, 0.3) is 0 Å². The van der Waals surface area contributed by atoms with Gasteiger partial charge in [0.25, 0.3) is 0 Å². The van der Waals surface area contributed by atoms with Crippen LogP contribution < -0.4 is 0 Å². The second kappa shape index (κ2) is 5.25. The van der Waals surface area contributed by atoms with E-state index in [1.165, 1.54) is 16.9 Å². The number of piperidine rings is 1. The van der Waals surface area contributed by atoms with E-state index in [1.54, 1.807) is 11.8 Å². The third-order valence-electron chi connectivity index (χ3n) is 3.60. The SMILES string of the molecule is O=C(C1Cc2ccccc2S1)N1CCCC(Br)C1. The Balaban J connectivity index is 1.68. The molecule has 2 nitrogen and oxygen atoms in total. The normalized spacial score (nSPS) is 27.1. The molecule has 1 saturated heterocycles. The predicted molar refractivity (Wildman–Crippen MR) is 78.3 cm³/mol. The van der Waals surface area contributed by atoms with Crippen molar-refractivity contribution < 1.29 is 4.79 Å². The first-order valence-electron chi connectivity index (χ1n) is 6.41. The molecule has 2 atom stereocenters. The maximum atomic E-state index is 12.5. The molecule has 2 heterocycles. The zero-order valence-electron chi connectivity index (χ0n) is 10.1. The van der Waals surface area contributed by atoms with E-state index in [1.807, 2.05) is 11.0 Å². The van der Waals surface area contributed by atoms with E-state index in [9.17, 15) is 4.79 Å². The molecule has 0 radical (unpaired) electrons. The summed E-state index contributed by atoms with van der Waals surface area (Å²) in [5.41, 5.74) is 1.33. The minimum absolute atomic E-state index is 0.0974. The van der Waals surface area contributed by atoms with Gasteiger partial charge in [-0.3, -0.25) is 4.79 Å². The largest absolute Gasteiger partial charge is 0.341 e. The van der Waals surface area contributed by atoms with Gasteiger partial charge >= 0.3 is 0 Å². The fourth-order valence-electron chi connectivity index (χ4n) is 2.65. The highest BCUT2D eigenvalue weighted by atomic mass is 79.9. The van der Waals surface area contributed by atoms with Gasteiger partial charge in [0.05, 0.1) is 5.25 Å². The van der Waals surface area contributed by atoms with Gasteiger partial charge < -0.3 is 4.90 Å². The third kappa shape index (κ3) is 2.45. The lowest BCUT2D eigenvalue weighted by Gasteiger charge is -2.31. The van der Waals surface area contributed by atoms with Crippen LogP contribution in [0.15, 0.2) is 29.2 Å². The van der Waals surface area contributed by atoms with Gasteiger partial charge in [-0.1, -0.05) is 34.1 Å². The van der Waals surface area contributed by atoms with Gasteiger partial charge in [0.2, 0.25) is 5.91 Å². The Morgan fingerprint density at radius 2 is 2.22 bits per heavy atom. The zero-order chi connectivity index (χ0) is 12.5. The van der Waals surface area contributed by atoms with Crippen LogP contribution in [0.3, 0.4) is 0 Å². The second-order valence-electron chi connectivity index (χ2n) is 4.94. The lowest BCUT2D eigenvalue weighted by molar-refractivity contribution is -0.131. The van der Waals surface area contributed by atoms with Crippen LogP contribution in [0.2, 0.25) is 0 Å². The van der Waals surface area contributed by atoms with Crippen LogP contribution in [-0.2, 0) is 11.2 Å². The molecule has 0 bridgehead atoms. The van der Waals surface area contributed by atoms with Crippen LogP contribution in [0.1, 0.15) is 18.4 Å². The van der Waals surface area contributed by atoms with E-state index < -0.39 is 0 Å². The summed E-state index contributed by atoms with van der Waals surface area (Å²) in [7, 11) is 0. The topological polar surface area (TPSA) is 20.3 Å². The smallest absolute Gasteiger partial charge is 0.236 e. The van der Waals surface area contributed by atoms with Crippen molar-refractivity contribution in [1.29, 1.82) is 0 Å². The van der Waals surface area contributed by atoms with Crippen molar-refractivity contribution in [1.82, 2.24) is 4.90 Å². The van der Waals surface area contributed by atoms with Gasteiger partial charge in [0.15, 0.2) is 0 Å². The first-order valence-corrected chi connectivity index (χ1v) is 8.21. The number of benzene rings is 1. The molecule has 18 heavy (non-hydrogen) atoms. The summed E-state index contributed by atoms with van der Waals surface area (Å²) < 4.78 is 0. The predicted octanol–water partition coefficient (Wildman–Crippen LogP) is 3.09. The highest BCUT2D eigenvalue weighted by Gasteiger charge is 2.32. The van der Waals surface area contributed by atoms with Gasteiger partial charge in [-0.25, -0.2) is 0 Å². The molecule has 0 N–H and O–H groups in total. The summed E-state index contributed by atoms with van der Waals surface area (Å²) in [4.78, 5) is 16.3. The maximum absolute atomic E-state index is 12.5. The van der Waals surface area contributed by atoms with Gasteiger partial charge in [-0.15, -0.1) is 11.8 Å². The summed E-state index contributed by atoms with van der Waals surface area (Å²) in [6, 6.07) is 8.37. The van der Waals surface area contributed by atoms with E-state index in [-0.39, 0.29) is 5.25 Å². The molecule has 2 aliphatic heterocycles. The maximum Gasteiger partial charge on any atom is 0.236 e. The molecule has 1 aromatic carbocycles. The molecule has 0 spiro atoms. The summed E-state index contributed by atoms with van der Waals surface area (Å²) in [6.07, 6.45) is 3.19. The molecule has 4 heteroatoms. The fraction of sp³-hybridized carbons (Fsp3) is 0.500. The Kier molecular flexibility index (Phi) is 3.66. The van der Waals surface area contributed by atoms with Crippen molar-refractivity contribution in [2.75, 3.05) is 13.1 Å². The molecular formula is C14H16BrNOS. The van der Waals surface area contributed by atoms with Gasteiger partial charge in [0.1, 0.15) is 0 Å². The van der Waals surface area contributed by atoms with Crippen molar-refractivity contribution in [3.8, 4) is 0 Å². The molecule has 0 aliphatic carbocycles. The number of likely N-dealkylation sites (tertiary alicyclic amines) is 1. The quantitative estimate of drug-likeness (QED) is 0.739. The van der Waals surface area contributed by atoms with Crippen LogP contribution in [0, 0.1) is 0 Å². The van der Waals surface area contributed by atoms with Gasteiger partial charge in [0, 0.05) is 22.8 Å². The van der Waals surface area contributed by atoms with E-state index in [2.05, 4.69) is 34.1 Å². The number of alkyl halides is 1. The first kappa shape index (κ1) is 12.5. The molecule has 0 aromatic heterocycles. The number of carbonyl (C=O) groups excluding carboxylic acids is 1. The summed E-state index contributed by atoms with van der Waals surface area (Å²) in [5, 5.41) is 0.0974. The highest BCUT2D eigenvalue weighted by Crippen LogP contribution is 2.38. The Morgan fingerprint density at radius 3 is 3.00 bits per heavy atom. The third-order valence-corrected chi connectivity index (χ3v) is 5.65. The summed E-state index contributed by atoms with van der Waals surface area (Å²) in [6.45, 7) is 1.79. The number of hydrogen-bond donors (Lipinski definition) is 0. The summed E-state index contributed by atoms with van der Waals surface area (Å²) >= 11 is 5.37. The molecule has 1 aromatic rings. The lowest BCUT2D eigenvalue weighted by atomic mass is 10.1. The summed E-state index contributed by atoms with van der Waals surface area (Å²) in [5.74, 6) is 0.320. The molecule has 2 unspecified atom stereocenters. The standard InChI is InChI=1S/C14H16BrNOS/c15-11-5-3-7-16(9-11)14(17)13-8-10-4-1-2-6-12(10)18-13/h1-2,4,6,11,13H,3,5,7-9H2. The number of rotatable bonds is 1. The zero-order valence-corrected chi connectivity index (χ0v) is 12.5. The average molecular weight is 326 g/mol. The Morgan fingerprint density at radius 1 is 1.39 bits per heavy atom. The molecular weight excluding hydrogens is 310 g/mol. The minimum Gasteiger partial charge on any atom is -0.341 e. The molecule has 1 amide bonds. The molecule has 2 aliphatic rings. The fourth-order valence-corrected chi connectivity index (χ4v) is 4.60. The highest BCUT2D eigenvalue weighted by molar-refractivity contribution is 9.09. The second-order valence-corrected chi connectivity index (χ2v) is 7.48.